The fraction of sp³-hybridized carbons (Fsp3) is 0.765. The van der Waals surface area contributed by atoms with Crippen LogP contribution in [0.25, 0.3) is 0 Å². The van der Waals surface area contributed by atoms with E-state index in [2.05, 4.69) is 42.7 Å². The van der Waals surface area contributed by atoms with Crippen molar-refractivity contribution in [3.63, 3.8) is 0 Å². The molecule has 2 aliphatic rings. The van der Waals surface area contributed by atoms with Crippen LogP contribution in [0.3, 0.4) is 0 Å². The van der Waals surface area contributed by atoms with Gasteiger partial charge in [-0.05, 0) is 51.3 Å². The van der Waals surface area contributed by atoms with Crippen molar-refractivity contribution in [1.82, 2.24) is 9.80 Å². The Balaban J connectivity index is 1.81. The van der Waals surface area contributed by atoms with Crippen LogP contribution in [-0.2, 0) is 0 Å². The molecule has 1 aromatic rings. The van der Waals surface area contributed by atoms with Crippen molar-refractivity contribution in [2.75, 3.05) is 19.6 Å². The number of aryl methyl sites for hydroxylation is 1. The topological polar surface area (TPSA) is 19.6 Å². The fourth-order valence-corrected chi connectivity index (χ4v) is 3.95. The van der Waals surface area contributed by atoms with E-state index in [-0.39, 0.29) is 0 Å². The number of fused-ring (bicyclic) bond motifs is 1. The lowest BCUT2D eigenvalue weighted by molar-refractivity contribution is -0.00143. The van der Waals surface area contributed by atoms with Crippen LogP contribution >= 0.6 is 0 Å². The van der Waals surface area contributed by atoms with Crippen LogP contribution in [0.4, 0.5) is 0 Å². The summed E-state index contributed by atoms with van der Waals surface area (Å²) in [5, 5.41) is 0. The molecule has 112 valence electrons. The highest BCUT2D eigenvalue weighted by Gasteiger charge is 2.40. The van der Waals surface area contributed by atoms with E-state index in [1.54, 1.807) is 0 Å². The second-order valence-corrected chi connectivity index (χ2v) is 6.92. The average molecular weight is 276 g/mol. The Hall–Kier alpha value is -0.800. The van der Waals surface area contributed by atoms with Gasteiger partial charge < -0.3 is 4.42 Å². The molecular formula is C17H28N2O. The zero-order chi connectivity index (χ0) is 14.3. The molecule has 3 heteroatoms. The van der Waals surface area contributed by atoms with E-state index < -0.39 is 0 Å². The third kappa shape index (κ3) is 2.53. The summed E-state index contributed by atoms with van der Waals surface area (Å²) >= 11 is 0. The second-order valence-electron chi connectivity index (χ2n) is 6.92. The first kappa shape index (κ1) is 14.2. The maximum absolute atomic E-state index is 5.88. The summed E-state index contributed by atoms with van der Waals surface area (Å²) in [6.07, 6.45) is 2.74. The number of furan rings is 1. The van der Waals surface area contributed by atoms with Crippen molar-refractivity contribution in [3.05, 3.63) is 23.7 Å². The molecule has 0 spiro atoms. The van der Waals surface area contributed by atoms with Gasteiger partial charge in [0.15, 0.2) is 0 Å². The van der Waals surface area contributed by atoms with Gasteiger partial charge in [0.2, 0.25) is 0 Å². The van der Waals surface area contributed by atoms with E-state index in [0.717, 1.165) is 17.6 Å². The maximum Gasteiger partial charge on any atom is 0.121 e. The van der Waals surface area contributed by atoms with Crippen LogP contribution in [0.15, 0.2) is 16.5 Å². The molecule has 0 aliphatic carbocycles. The lowest BCUT2D eigenvalue weighted by atomic mass is 9.95. The molecule has 3 nitrogen and oxygen atoms in total. The molecule has 3 rings (SSSR count). The van der Waals surface area contributed by atoms with Crippen LogP contribution in [-0.4, -0.2) is 41.5 Å². The van der Waals surface area contributed by atoms with Crippen LogP contribution in [0.2, 0.25) is 0 Å². The number of piperazine rings is 1. The molecule has 0 N–H and O–H groups in total. The third-order valence-electron chi connectivity index (χ3n) is 5.21. The number of nitrogens with zero attached hydrogens (tertiary/aromatic N) is 2. The molecule has 20 heavy (non-hydrogen) atoms. The van der Waals surface area contributed by atoms with E-state index in [4.69, 9.17) is 4.42 Å². The SMILES string of the molecule is Cc1ccc(C(C)N2CC3CCCN3CC2C(C)C)o1. The first-order valence-electron chi connectivity index (χ1n) is 8.12. The lowest BCUT2D eigenvalue weighted by Crippen LogP contribution is -2.58. The molecule has 2 fully saturated rings. The van der Waals surface area contributed by atoms with Crippen molar-refractivity contribution in [1.29, 1.82) is 0 Å². The summed E-state index contributed by atoms with van der Waals surface area (Å²) in [5.41, 5.74) is 0. The van der Waals surface area contributed by atoms with E-state index in [1.165, 1.54) is 32.5 Å². The van der Waals surface area contributed by atoms with Gasteiger partial charge in [-0.1, -0.05) is 13.8 Å². The van der Waals surface area contributed by atoms with Crippen molar-refractivity contribution >= 4 is 0 Å². The predicted octanol–water partition coefficient (Wildman–Crippen LogP) is 3.45. The highest BCUT2D eigenvalue weighted by Crippen LogP contribution is 2.34. The van der Waals surface area contributed by atoms with Gasteiger partial charge in [-0.25, -0.2) is 0 Å². The van der Waals surface area contributed by atoms with E-state index in [1.807, 2.05) is 6.92 Å². The minimum Gasteiger partial charge on any atom is -0.465 e. The quantitative estimate of drug-likeness (QED) is 0.843. The summed E-state index contributed by atoms with van der Waals surface area (Å²) in [6.45, 7) is 12.8. The zero-order valence-corrected chi connectivity index (χ0v) is 13.3. The molecular weight excluding hydrogens is 248 g/mol. The van der Waals surface area contributed by atoms with Crippen molar-refractivity contribution in [3.8, 4) is 0 Å². The second kappa shape index (κ2) is 5.53. The standard InChI is InChI=1S/C17H28N2O/c1-12(2)16-11-18-9-5-6-15(18)10-19(16)14(4)17-8-7-13(3)20-17/h7-8,12,14-16H,5-6,9-11H2,1-4H3. The minimum atomic E-state index is 0.388. The maximum atomic E-state index is 5.88. The summed E-state index contributed by atoms with van der Waals surface area (Å²) in [4.78, 5) is 5.40. The molecule has 3 heterocycles. The molecule has 1 aromatic heterocycles. The Bertz CT molecular complexity index is 454. The molecule has 2 aliphatic heterocycles. The van der Waals surface area contributed by atoms with Crippen molar-refractivity contribution in [2.24, 2.45) is 5.92 Å². The Morgan fingerprint density at radius 3 is 2.65 bits per heavy atom. The third-order valence-corrected chi connectivity index (χ3v) is 5.21. The smallest absolute Gasteiger partial charge is 0.121 e. The monoisotopic (exact) mass is 276 g/mol. The van der Waals surface area contributed by atoms with Gasteiger partial charge in [0.25, 0.3) is 0 Å². The molecule has 0 bridgehead atoms. The fourth-order valence-electron chi connectivity index (χ4n) is 3.95. The Labute approximate surface area is 122 Å². The average Bonchev–Trinajstić information content (AvgIpc) is 3.04. The summed E-state index contributed by atoms with van der Waals surface area (Å²) in [7, 11) is 0. The van der Waals surface area contributed by atoms with Gasteiger partial charge in [-0.3, -0.25) is 9.80 Å². The molecule has 0 saturated carbocycles. The summed E-state index contributed by atoms with van der Waals surface area (Å²) < 4.78 is 5.88. The molecule has 0 aromatic carbocycles. The normalized spacial score (nSPS) is 29.9. The van der Waals surface area contributed by atoms with Crippen LogP contribution < -0.4 is 0 Å². The van der Waals surface area contributed by atoms with Crippen molar-refractivity contribution < 1.29 is 4.42 Å². The highest BCUT2D eigenvalue weighted by atomic mass is 16.3. The Morgan fingerprint density at radius 2 is 2.00 bits per heavy atom. The highest BCUT2D eigenvalue weighted by molar-refractivity contribution is 5.10. The Kier molecular flexibility index (Phi) is 3.91. The lowest BCUT2D eigenvalue weighted by Gasteiger charge is -2.47. The first-order chi connectivity index (χ1) is 9.56. The van der Waals surface area contributed by atoms with Gasteiger partial charge in [-0.15, -0.1) is 0 Å². The molecule has 3 atom stereocenters. The number of hydrogen-bond donors (Lipinski definition) is 0. The predicted molar refractivity (Wildman–Crippen MR) is 81.8 cm³/mol. The van der Waals surface area contributed by atoms with Crippen LogP contribution in [0.1, 0.15) is 51.2 Å². The van der Waals surface area contributed by atoms with Gasteiger partial charge in [0, 0.05) is 25.2 Å². The van der Waals surface area contributed by atoms with Gasteiger partial charge in [0.05, 0.1) is 6.04 Å². The molecule has 0 amide bonds. The van der Waals surface area contributed by atoms with E-state index in [9.17, 15) is 0 Å². The van der Waals surface area contributed by atoms with Gasteiger partial charge >= 0.3 is 0 Å². The zero-order valence-electron chi connectivity index (χ0n) is 13.3. The van der Waals surface area contributed by atoms with Crippen LogP contribution in [0, 0.1) is 12.8 Å². The molecule has 0 radical (unpaired) electrons. The summed E-state index contributed by atoms with van der Waals surface area (Å²) in [5.74, 6) is 2.84. The Morgan fingerprint density at radius 1 is 1.20 bits per heavy atom. The summed E-state index contributed by atoms with van der Waals surface area (Å²) in [6, 6.07) is 6.03. The van der Waals surface area contributed by atoms with Crippen LogP contribution in [0.5, 0.6) is 0 Å². The molecule has 3 unspecified atom stereocenters. The van der Waals surface area contributed by atoms with E-state index >= 15 is 0 Å². The van der Waals surface area contributed by atoms with Gasteiger partial charge in [0.1, 0.15) is 11.5 Å². The van der Waals surface area contributed by atoms with Crippen molar-refractivity contribution in [2.45, 2.75) is 58.7 Å². The number of rotatable bonds is 3. The first-order valence-corrected chi connectivity index (χ1v) is 8.12. The van der Waals surface area contributed by atoms with E-state index in [0.29, 0.717) is 18.0 Å². The number of hydrogen-bond acceptors (Lipinski definition) is 3. The largest absolute Gasteiger partial charge is 0.465 e. The van der Waals surface area contributed by atoms with Gasteiger partial charge in [-0.2, -0.15) is 0 Å². The molecule has 2 saturated heterocycles. The minimum absolute atomic E-state index is 0.388.